The van der Waals surface area contributed by atoms with Gasteiger partial charge in [-0.05, 0) is 36.8 Å². The lowest BCUT2D eigenvalue weighted by molar-refractivity contribution is 0.0693. The molecule has 23 heavy (non-hydrogen) atoms. The lowest BCUT2D eigenvalue weighted by Gasteiger charge is -2.08. The van der Waals surface area contributed by atoms with Gasteiger partial charge in [-0.15, -0.1) is 0 Å². The fraction of sp³-hybridized carbons (Fsp3) is 0.176. The molecule has 0 fully saturated rings. The number of carbonyl (C=O) groups excluding carboxylic acids is 1. The molecule has 0 aromatic heterocycles. The van der Waals surface area contributed by atoms with E-state index in [1.54, 1.807) is 24.3 Å². The summed E-state index contributed by atoms with van der Waals surface area (Å²) in [7, 11) is 0. The van der Waals surface area contributed by atoms with E-state index in [2.05, 4.69) is 5.32 Å². The molecule has 0 aliphatic rings. The van der Waals surface area contributed by atoms with Crippen LogP contribution in [0.4, 0.5) is 5.69 Å². The fourth-order valence-corrected chi connectivity index (χ4v) is 1.97. The van der Waals surface area contributed by atoms with Crippen molar-refractivity contribution in [2.24, 2.45) is 0 Å². The minimum atomic E-state index is -1.23. The maximum absolute atomic E-state index is 12.1. The Morgan fingerprint density at radius 3 is 2.39 bits per heavy atom. The molecule has 0 aliphatic carbocycles. The molecule has 2 rings (SSSR count). The number of aromatic carboxylic acids is 1. The largest absolute Gasteiger partial charge is 0.507 e. The third-order valence-corrected chi connectivity index (χ3v) is 3.17. The summed E-state index contributed by atoms with van der Waals surface area (Å²) in [5.41, 5.74) is 1.51. The van der Waals surface area contributed by atoms with Gasteiger partial charge >= 0.3 is 5.97 Å². The van der Waals surface area contributed by atoms with Crippen molar-refractivity contribution < 1.29 is 24.5 Å². The average Bonchev–Trinajstić information content (AvgIpc) is 2.53. The lowest BCUT2D eigenvalue weighted by Crippen LogP contribution is -2.12. The van der Waals surface area contributed by atoms with Gasteiger partial charge in [0, 0.05) is 23.9 Å². The Morgan fingerprint density at radius 1 is 1.13 bits per heavy atom. The maximum Gasteiger partial charge on any atom is 0.339 e. The van der Waals surface area contributed by atoms with E-state index in [-0.39, 0.29) is 11.5 Å². The molecule has 6 heteroatoms. The Kier molecular flexibility index (Phi) is 5.32. The first-order valence-corrected chi connectivity index (χ1v) is 7.05. The van der Waals surface area contributed by atoms with Crippen LogP contribution < -0.4 is 5.32 Å². The second-order valence-corrected chi connectivity index (χ2v) is 4.83. The number of anilines is 1. The topological polar surface area (TPSA) is 95.9 Å². The molecule has 2 aromatic rings. The van der Waals surface area contributed by atoms with E-state index in [1.165, 1.54) is 18.2 Å². The zero-order valence-corrected chi connectivity index (χ0v) is 12.6. The van der Waals surface area contributed by atoms with Gasteiger partial charge in [-0.25, -0.2) is 4.79 Å². The van der Waals surface area contributed by atoms with Gasteiger partial charge in [0.25, 0.3) is 5.91 Å². The summed E-state index contributed by atoms with van der Waals surface area (Å²) in [5.74, 6) is -1.98. The van der Waals surface area contributed by atoms with Crippen LogP contribution in [0.15, 0.2) is 42.5 Å². The number of benzene rings is 2. The highest BCUT2D eigenvalue weighted by Gasteiger charge is 2.11. The highest BCUT2D eigenvalue weighted by atomic mass is 16.5. The van der Waals surface area contributed by atoms with E-state index in [4.69, 9.17) is 9.84 Å². The van der Waals surface area contributed by atoms with Crippen molar-refractivity contribution in [1.29, 1.82) is 0 Å². The van der Waals surface area contributed by atoms with Gasteiger partial charge in [0.05, 0.1) is 6.61 Å². The Balaban J connectivity index is 2.06. The molecule has 1 amide bonds. The van der Waals surface area contributed by atoms with Gasteiger partial charge in [0.15, 0.2) is 0 Å². The number of carboxylic acid groups (broad SMARTS) is 1. The van der Waals surface area contributed by atoms with E-state index in [0.29, 0.717) is 24.5 Å². The monoisotopic (exact) mass is 315 g/mol. The summed E-state index contributed by atoms with van der Waals surface area (Å²) >= 11 is 0. The first-order valence-electron chi connectivity index (χ1n) is 7.05. The molecule has 0 saturated heterocycles. The third-order valence-electron chi connectivity index (χ3n) is 3.17. The van der Waals surface area contributed by atoms with Gasteiger partial charge < -0.3 is 20.3 Å². The predicted molar refractivity (Wildman–Crippen MR) is 84.8 cm³/mol. The van der Waals surface area contributed by atoms with Crippen LogP contribution in [-0.2, 0) is 11.3 Å². The number of hydrogen-bond acceptors (Lipinski definition) is 4. The molecule has 0 heterocycles. The molecular formula is C17H17NO5. The molecule has 0 aliphatic heterocycles. The summed E-state index contributed by atoms with van der Waals surface area (Å²) in [5, 5.41) is 21.1. The average molecular weight is 315 g/mol. The van der Waals surface area contributed by atoms with E-state index < -0.39 is 11.7 Å². The van der Waals surface area contributed by atoms with Gasteiger partial charge in [-0.1, -0.05) is 12.1 Å². The number of carbonyl (C=O) groups is 2. The molecule has 0 radical (unpaired) electrons. The molecule has 3 N–H and O–H groups in total. The highest BCUT2D eigenvalue weighted by Crippen LogP contribution is 2.22. The van der Waals surface area contributed by atoms with Crippen molar-refractivity contribution in [2.75, 3.05) is 11.9 Å². The van der Waals surface area contributed by atoms with Gasteiger partial charge in [0.1, 0.15) is 11.3 Å². The molecule has 6 nitrogen and oxygen atoms in total. The number of rotatable bonds is 6. The van der Waals surface area contributed by atoms with Crippen molar-refractivity contribution in [3.8, 4) is 5.75 Å². The molecule has 0 saturated carbocycles. The third kappa shape index (κ3) is 4.31. The van der Waals surface area contributed by atoms with Gasteiger partial charge in [-0.3, -0.25) is 4.79 Å². The molecule has 0 spiro atoms. The summed E-state index contributed by atoms with van der Waals surface area (Å²) in [6.07, 6.45) is 0. The Bertz CT molecular complexity index is 709. The van der Waals surface area contributed by atoms with Crippen LogP contribution in [0.5, 0.6) is 5.75 Å². The summed E-state index contributed by atoms with van der Waals surface area (Å²) in [6.45, 7) is 3.02. The van der Waals surface area contributed by atoms with Crippen LogP contribution in [0.3, 0.4) is 0 Å². The molecule has 120 valence electrons. The minimum absolute atomic E-state index is 0.219. The number of amides is 1. The van der Waals surface area contributed by atoms with E-state index in [1.807, 2.05) is 6.92 Å². The number of carboxylic acids is 1. The Morgan fingerprint density at radius 2 is 1.83 bits per heavy atom. The maximum atomic E-state index is 12.1. The van der Waals surface area contributed by atoms with Crippen molar-refractivity contribution in [2.45, 2.75) is 13.5 Å². The normalized spacial score (nSPS) is 10.3. The van der Waals surface area contributed by atoms with Crippen LogP contribution in [0, 0.1) is 0 Å². The quantitative estimate of drug-likeness (QED) is 0.761. The van der Waals surface area contributed by atoms with E-state index in [9.17, 15) is 14.7 Å². The van der Waals surface area contributed by atoms with Crippen LogP contribution in [0.2, 0.25) is 0 Å². The van der Waals surface area contributed by atoms with Crippen molar-refractivity contribution in [3.05, 3.63) is 59.2 Å². The smallest absolute Gasteiger partial charge is 0.339 e. The number of hydrogen-bond donors (Lipinski definition) is 3. The SMILES string of the molecule is CCOCc1ccc(C(=O)Nc2ccc(C(=O)O)c(O)c2)cc1. The van der Waals surface area contributed by atoms with Gasteiger partial charge in [0.2, 0.25) is 0 Å². The number of phenols is 1. The minimum Gasteiger partial charge on any atom is -0.507 e. The van der Waals surface area contributed by atoms with Crippen LogP contribution in [-0.4, -0.2) is 28.7 Å². The Hall–Kier alpha value is -2.86. The predicted octanol–water partition coefficient (Wildman–Crippen LogP) is 2.88. The molecule has 0 bridgehead atoms. The Labute approximate surface area is 133 Å². The number of aromatic hydroxyl groups is 1. The van der Waals surface area contributed by atoms with Crippen LogP contribution in [0.1, 0.15) is 33.2 Å². The second-order valence-electron chi connectivity index (χ2n) is 4.83. The number of ether oxygens (including phenoxy) is 1. The van der Waals surface area contributed by atoms with E-state index in [0.717, 1.165) is 5.56 Å². The number of nitrogens with one attached hydrogen (secondary N) is 1. The van der Waals surface area contributed by atoms with Crippen molar-refractivity contribution in [3.63, 3.8) is 0 Å². The first-order chi connectivity index (χ1) is 11.0. The molecule has 0 unspecified atom stereocenters. The zero-order chi connectivity index (χ0) is 16.8. The zero-order valence-electron chi connectivity index (χ0n) is 12.6. The van der Waals surface area contributed by atoms with Gasteiger partial charge in [-0.2, -0.15) is 0 Å². The second kappa shape index (κ2) is 7.42. The van der Waals surface area contributed by atoms with Crippen LogP contribution >= 0.6 is 0 Å². The first kappa shape index (κ1) is 16.5. The van der Waals surface area contributed by atoms with Crippen molar-refractivity contribution >= 4 is 17.6 Å². The lowest BCUT2D eigenvalue weighted by atomic mass is 10.1. The molecule has 0 atom stereocenters. The summed E-state index contributed by atoms with van der Waals surface area (Å²) < 4.78 is 5.28. The summed E-state index contributed by atoms with van der Waals surface area (Å²) in [4.78, 5) is 23.0. The van der Waals surface area contributed by atoms with Crippen molar-refractivity contribution in [1.82, 2.24) is 0 Å². The molecular weight excluding hydrogens is 298 g/mol. The van der Waals surface area contributed by atoms with Crippen LogP contribution in [0.25, 0.3) is 0 Å². The van der Waals surface area contributed by atoms with E-state index >= 15 is 0 Å². The standard InChI is InChI=1S/C17H17NO5/c1-2-23-10-11-3-5-12(6-4-11)16(20)18-13-7-8-14(17(21)22)15(19)9-13/h3-9,19H,2,10H2,1H3,(H,18,20)(H,21,22). The molecule has 2 aromatic carbocycles. The summed E-state index contributed by atoms with van der Waals surface area (Å²) in [6, 6.07) is 10.8. The highest BCUT2D eigenvalue weighted by molar-refractivity contribution is 6.04. The fourth-order valence-electron chi connectivity index (χ4n) is 1.97.